The number of Topliss-reactive ketones (excluding diaryl/α,β-unsaturated/α-hetero) is 1. The van der Waals surface area contributed by atoms with E-state index in [9.17, 15) is 23.2 Å². The van der Waals surface area contributed by atoms with E-state index in [4.69, 9.17) is 9.72 Å². The fraction of sp³-hybridized carbons (Fsp3) is 0.533. The van der Waals surface area contributed by atoms with Crippen molar-refractivity contribution < 1.29 is 27.9 Å². The molecule has 5 atom stereocenters. The Morgan fingerprint density at radius 1 is 1.21 bits per heavy atom. The van der Waals surface area contributed by atoms with Gasteiger partial charge in [0.05, 0.1) is 17.7 Å². The molecule has 5 rings (SSSR count). The number of benzene rings is 1. The lowest BCUT2D eigenvalue weighted by Crippen LogP contribution is -2.54. The molecule has 9 nitrogen and oxygen atoms in total. The van der Waals surface area contributed by atoms with Crippen molar-refractivity contribution in [3.63, 3.8) is 0 Å². The number of aryl methyl sites for hydroxylation is 1. The molecule has 0 aliphatic carbocycles. The van der Waals surface area contributed by atoms with Crippen LogP contribution in [0.2, 0.25) is 0 Å². The van der Waals surface area contributed by atoms with Crippen molar-refractivity contribution in [3.8, 4) is 11.3 Å². The van der Waals surface area contributed by atoms with E-state index in [0.717, 1.165) is 47.4 Å². The molecule has 1 N–H and O–H groups in total. The summed E-state index contributed by atoms with van der Waals surface area (Å²) < 4.78 is 32.7. The van der Waals surface area contributed by atoms with Crippen LogP contribution < -0.4 is 10.2 Å². The Balaban J connectivity index is 1.31. The van der Waals surface area contributed by atoms with Crippen LogP contribution in [0.3, 0.4) is 0 Å². The van der Waals surface area contributed by atoms with E-state index in [2.05, 4.69) is 22.2 Å². The van der Waals surface area contributed by atoms with Gasteiger partial charge in [-0.25, -0.2) is 13.8 Å². The largest absolute Gasteiger partial charge is 0.367 e. The Bertz CT molecular complexity index is 1360. The Hall–Kier alpha value is -3.22. The summed E-state index contributed by atoms with van der Waals surface area (Å²) in [6.07, 6.45) is -0.525. The van der Waals surface area contributed by atoms with Crippen molar-refractivity contribution in [3.05, 3.63) is 46.9 Å². The number of nitrogens with one attached hydrogen (secondary N) is 1. The number of likely N-dealkylation sites (tertiary alicyclic amines) is 1. The number of hydrogen-bond donors (Lipinski definition) is 1. The van der Waals surface area contributed by atoms with E-state index in [1.807, 2.05) is 32.9 Å². The number of anilines is 1. The van der Waals surface area contributed by atoms with Crippen molar-refractivity contribution >= 4 is 34.1 Å². The number of aromatic nitrogens is 1. The number of hydrogen-bond acceptors (Lipinski definition) is 8. The number of ketones is 1. The average Bonchev–Trinajstić information content (AvgIpc) is 3.70. The summed E-state index contributed by atoms with van der Waals surface area (Å²) in [6, 6.07) is 5.14. The first-order chi connectivity index (χ1) is 20.1. The first-order valence-corrected chi connectivity index (χ1v) is 15.2. The highest BCUT2D eigenvalue weighted by Crippen LogP contribution is 2.37. The number of nitrogens with zero attached hydrogens (tertiary/aromatic N) is 4. The Morgan fingerprint density at radius 3 is 2.55 bits per heavy atom. The molecule has 3 aliphatic heterocycles. The second-order valence-electron chi connectivity index (χ2n) is 11.4. The second kappa shape index (κ2) is 12.6. The number of likely N-dealkylation sites (N-methyl/N-ethyl adjacent to an activating group) is 1. The predicted molar refractivity (Wildman–Crippen MR) is 157 cm³/mol. The predicted octanol–water partition coefficient (Wildman–Crippen LogP) is 3.59. The fourth-order valence-corrected chi connectivity index (χ4v) is 6.84. The maximum absolute atomic E-state index is 14.3. The summed E-state index contributed by atoms with van der Waals surface area (Å²) in [4.78, 5) is 51.5. The van der Waals surface area contributed by atoms with Gasteiger partial charge in [0, 0.05) is 48.7 Å². The lowest BCUT2D eigenvalue weighted by Gasteiger charge is -2.32. The van der Waals surface area contributed by atoms with Crippen LogP contribution in [0.25, 0.3) is 11.3 Å². The summed E-state index contributed by atoms with van der Waals surface area (Å²) in [7, 11) is 2.12. The number of carbonyl (C=O) groups is 3. The van der Waals surface area contributed by atoms with Crippen LogP contribution >= 0.6 is 11.3 Å². The summed E-state index contributed by atoms with van der Waals surface area (Å²) in [5.41, 5.74) is 2.15. The van der Waals surface area contributed by atoms with Crippen LogP contribution in [0.5, 0.6) is 0 Å². The molecule has 3 fully saturated rings. The van der Waals surface area contributed by atoms with E-state index < -0.39 is 41.7 Å². The topological polar surface area (TPSA) is 95.1 Å². The van der Waals surface area contributed by atoms with Gasteiger partial charge in [-0.05, 0) is 32.0 Å². The second-order valence-corrected chi connectivity index (χ2v) is 12.6. The van der Waals surface area contributed by atoms with Gasteiger partial charge < -0.3 is 24.8 Å². The summed E-state index contributed by atoms with van der Waals surface area (Å²) >= 11 is 1.66. The van der Waals surface area contributed by atoms with Crippen molar-refractivity contribution in [2.75, 3.05) is 51.3 Å². The number of carbonyl (C=O) groups excluding carboxylic acids is 3. The number of rotatable bonds is 8. The zero-order valence-electron chi connectivity index (χ0n) is 24.3. The average molecular weight is 602 g/mol. The first-order valence-electron chi connectivity index (χ1n) is 14.4. The number of halogens is 2. The van der Waals surface area contributed by atoms with Gasteiger partial charge in [0.25, 0.3) is 5.91 Å². The van der Waals surface area contributed by atoms with E-state index in [1.165, 1.54) is 4.90 Å². The first kappa shape index (κ1) is 30.2. The van der Waals surface area contributed by atoms with Crippen LogP contribution in [-0.2, 0) is 14.3 Å². The number of fused-ring (bicyclic) bond motifs is 1. The van der Waals surface area contributed by atoms with Gasteiger partial charge in [0.15, 0.2) is 10.9 Å². The maximum Gasteiger partial charge on any atom is 0.251 e. The lowest BCUT2D eigenvalue weighted by atomic mass is 9.96. The van der Waals surface area contributed by atoms with Gasteiger partial charge in [-0.15, -0.1) is 11.3 Å². The molecule has 12 heteroatoms. The number of ether oxygens (including phenoxy) is 1. The smallest absolute Gasteiger partial charge is 0.251 e. The molecule has 2 aromatic rings. The van der Waals surface area contributed by atoms with E-state index in [1.54, 1.807) is 23.5 Å². The lowest BCUT2D eigenvalue weighted by molar-refractivity contribution is -0.139. The van der Waals surface area contributed by atoms with Crippen molar-refractivity contribution in [2.45, 2.75) is 45.4 Å². The van der Waals surface area contributed by atoms with Gasteiger partial charge in [0.1, 0.15) is 30.8 Å². The zero-order valence-corrected chi connectivity index (χ0v) is 25.1. The van der Waals surface area contributed by atoms with Crippen LogP contribution in [0.4, 0.5) is 13.9 Å². The summed E-state index contributed by atoms with van der Waals surface area (Å²) in [5, 5.41) is 3.84. The van der Waals surface area contributed by atoms with Crippen LogP contribution in [0.1, 0.15) is 35.5 Å². The van der Waals surface area contributed by atoms with E-state index in [0.29, 0.717) is 12.0 Å². The third-order valence-corrected chi connectivity index (χ3v) is 9.70. The molecule has 3 saturated heterocycles. The Morgan fingerprint density at radius 2 is 1.90 bits per heavy atom. The maximum atomic E-state index is 14.3. The summed E-state index contributed by atoms with van der Waals surface area (Å²) in [5.74, 6) is -3.72. The molecule has 2 amide bonds. The van der Waals surface area contributed by atoms with Gasteiger partial charge in [-0.2, -0.15) is 0 Å². The summed E-state index contributed by atoms with van der Waals surface area (Å²) in [6.45, 7) is 9.14. The molecular formula is C30H37F2N5O4S. The molecule has 42 heavy (non-hydrogen) atoms. The van der Waals surface area contributed by atoms with Crippen molar-refractivity contribution in [2.24, 2.45) is 11.8 Å². The van der Waals surface area contributed by atoms with Crippen molar-refractivity contribution in [1.82, 2.24) is 20.1 Å². The molecular weight excluding hydrogens is 564 g/mol. The monoisotopic (exact) mass is 601 g/mol. The Kier molecular flexibility index (Phi) is 9.05. The minimum absolute atomic E-state index is 0.153. The third-order valence-electron chi connectivity index (χ3n) is 8.67. The molecule has 0 radical (unpaired) electrons. The fourth-order valence-electron chi connectivity index (χ4n) is 5.86. The molecule has 0 saturated carbocycles. The van der Waals surface area contributed by atoms with Crippen LogP contribution in [0, 0.1) is 18.8 Å². The van der Waals surface area contributed by atoms with Crippen LogP contribution in [-0.4, -0.2) is 96.9 Å². The van der Waals surface area contributed by atoms with Gasteiger partial charge in [0.2, 0.25) is 5.91 Å². The van der Waals surface area contributed by atoms with Crippen LogP contribution in [0.15, 0.2) is 36.4 Å². The number of amides is 2. The molecule has 4 heterocycles. The SMILES string of the molecule is CCC(C)C(NC(=O)c1ccc(-c2nc(N3CCN(C)CC3)sc2C)cc1)C(=O)N1CC(/C(F)=C/F)C2OCC(=O)C21. The van der Waals surface area contributed by atoms with Crippen molar-refractivity contribution in [1.29, 1.82) is 0 Å². The quantitative estimate of drug-likeness (QED) is 0.494. The number of thiazole rings is 1. The number of piperazine rings is 1. The van der Waals surface area contributed by atoms with E-state index >= 15 is 0 Å². The van der Waals surface area contributed by atoms with Gasteiger partial charge >= 0.3 is 0 Å². The molecule has 1 aromatic heterocycles. The van der Waals surface area contributed by atoms with Gasteiger partial charge in [-0.1, -0.05) is 32.4 Å². The van der Waals surface area contributed by atoms with E-state index in [-0.39, 0.29) is 31.2 Å². The highest BCUT2D eigenvalue weighted by Gasteiger charge is 2.54. The highest BCUT2D eigenvalue weighted by atomic mass is 32.1. The minimum Gasteiger partial charge on any atom is -0.367 e. The molecule has 0 bridgehead atoms. The Labute approximate surface area is 248 Å². The minimum atomic E-state index is -1.07. The zero-order chi connectivity index (χ0) is 30.1. The van der Waals surface area contributed by atoms with Gasteiger partial charge in [-0.3, -0.25) is 14.4 Å². The molecule has 5 unspecified atom stereocenters. The molecule has 1 aromatic carbocycles. The molecule has 226 valence electrons. The highest BCUT2D eigenvalue weighted by molar-refractivity contribution is 7.16. The standard InChI is InChI=1S/C30H37F2N5O4S/c1-5-17(2)24(29(40)37-15-21(22(32)14-31)27-26(37)23(38)16-41-27)33-28(39)20-8-6-19(7-9-20)25-18(3)42-30(34-25)36-12-10-35(4)11-13-36/h6-9,14,17,21,24,26-27H,5,10-13,15-16H2,1-4H3,(H,33,39)/b22-14-. The normalized spacial score (nSPS) is 24.6. The third kappa shape index (κ3) is 5.84. The molecule has 0 spiro atoms. The molecule has 3 aliphatic rings.